The molecule has 2 heterocycles. The summed E-state index contributed by atoms with van der Waals surface area (Å²) in [4.78, 5) is 4.15. The molecule has 2 rings (SSSR count). The SMILES string of the molecule is CNC(c1ccncc1C)C1CCCOC1. The minimum atomic E-state index is 0.392. The van der Waals surface area contributed by atoms with E-state index >= 15 is 0 Å². The largest absolute Gasteiger partial charge is 0.381 e. The molecule has 1 fully saturated rings. The third-order valence-electron chi connectivity index (χ3n) is 3.38. The number of nitrogens with zero attached hydrogens (tertiary/aromatic N) is 1. The van der Waals surface area contributed by atoms with E-state index in [1.165, 1.54) is 24.0 Å². The molecule has 1 N–H and O–H groups in total. The summed E-state index contributed by atoms with van der Waals surface area (Å²) in [6.45, 7) is 3.91. The molecule has 0 aromatic carbocycles. The molecule has 0 spiro atoms. The highest BCUT2D eigenvalue weighted by Crippen LogP contribution is 2.29. The molecule has 0 amide bonds. The highest BCUT2D eigenvalue weighted by Gasteiger charge is 2.25. The minimum Gasteiger partial charge on any atom is -0.381 e. The number of hydrogen-bond donors (Lipinski definition) is 1. The van der Waals surface area contributed by atoms with Gasteiger partial charge in [-0.2, -0.15) is 0 Å². The Kier molecular flexibility index (Phi) is 3.91. The van der Waals surface area contributed by atoms with Crippen molar-refractivity contribution < 1.29 is 4.74 Å². The molecular formula is C13H20N2O. The second kappa shape index (κ2) is 5.41. The molecule has 1 saturated heterocycles. The second-order valence-electron chi connectivity index (χ2n) is 4.48. The van der Waals surface area contributed by atoms with Gasteiger partial charge in [-0.3, -0.25) is 4.98 Å². The Morgan fingerprint density at radius 3 is 3.06 bits per heavy atom. The van der Waals surface area contributed by atoms with Crippen LogP contribution in [0.1, 0.15) is 30.0 Å². The Labute approximate surface area is 97.2 Å². The first kappa shape index (κ1) is 11.6. The third-order valence-corrected chi connectivity index (χ3v) is 3.38. The maximum absolute atomic E-state index is 5.57. The number of aryl methyl sites for hydroxylation is 1. The van der Waals surface area contributed by atoms with Crippen molar-refractivity contribution in [2.24, 2.45) is 5.92 Å². The molecular weight excluding hydrogens is 200 g/mol. The summed E-state index contributed by atoms with van der Waals surface area (Å²) < 4.78 is 5.57. The van der Waals surface area contributed by atoms with E-state index < -0.39 is 0 Å². The van der Waals surface area contributed by atoms with Crippen LogP contribution in [-0.4, -0.2) is 25.2 Å². The lowest BCUT2D eigenvalue weighted by Gasteiger charge is -2.31. The molecule has 1 aliphatic rings. The zero-order valence-electron chi connectivity index (χ0n) is 10.1. The molecule has 1 aromatic rings. The van der Waals surface area contributed by atoms with Crippen LogP contribution in [0, 0.1) is 12.8 Å². The summed E-state index contributed by atoms with van der Waals surface area (Å²) in [5.74, 6) is 0.583. The fourth-order valence-electron chi connectivity index (χ4n) is 2.51. The summed E-state index contributed by atoms with van der Waals surface area (Å²) in [5.41, 5.74) is 2.61. The van der Waals surface area contributed by atoms with E-state index in [2.05, 4.69) is 23.3 Å². The van der Waals surface area contributed by atoms with Crippen molar-refractivity contribution in [3.8, 4) is 0 Å². The highest BCUT2D eigenvalue weighted by molar-refractivity contribution is 5.26. The van der Waals surface area contributed by atoms with Crippen LogP contribution in [0.4, 0.5) is 0 Å². The maximum Gasteiger partial charge on any atom is 0.0512 e. The zero-order chi connectivity index (χ0) is 11.4. The van der Waals surface area contributed by atoms with Crippen LogP contribution in [0.2, 0.25) is 0 Å². The Morgan fingerprint density at radius 1 is 1.56 bits per heavy atom. The van der Waals surface area contributed by atoms with Gasteiger partial charge < -0.3 is 10.1 Å². The number of hydrogen-bond acceptors (Lipinski definition) is 3. The number of rotatable bonds is 3. The Balaban J connectivity index is 2.18. The highest BCUT2D eigenvalue weighted by atomic mass is 16.5. The molecule has 0 radical (unpaired) electrons. The minimum absolute atomic E-state index is 0.392. The van der Waals surface area contributed by atoms with E-state index in [1.54, 1.807) is 0 Å². The van der Waals surface area contributed by atoms with E-state index in [0.717, 1.165) is 13.2 Å². The molecule has 1 aliphatic heterocycles. The first-order chi connectivity index (χ1) is 7.83. The van der Waals surface area contributed by atoms with E-state index in [-0.39, 0.29) is 0 Å². The molecule has 2 unspecified atom stereocenters. The van der Waals surface area contributed by atoms with Crippen LogP contribution in [0.25, 0.3) is 0 Å². The number of nitrogens with one attached hydrogen (secondary N) is 1. The van der Waals surface area contributed by atoms with Crippen molar-refractivity contribution in [2.45, 2.75) is 25.8 Å². The molecule has 16 heavy (non-hydrogen) atoms. The van der Waals surface area contributed by atoms with E-state index in [1.807, 2.05) is 19.4 Å². The van der Waals surface area contributed by atoms with Gasteiger partial charge in [0.1, 0.15) is 0 Å². The first-order valence-electron chi connectivity index (χ1n) is 5.98. The first-order valence-corrected chi connectivity index (χ1v) is 5.98. The third kappa shape index (κ3) is 2.42. The molecule has 1 aromatic heterocycles. The van der Waals surface area contributed by atoms with Gasteiger partial charge >= 0.3 is 0 Å². The van der Waals surface area contributed by atoms with Gasteiger partial charge in [-0.1, -0.05) is 0 Å². The van der Waals surface area contributed by atoms with Gasteiger partial charge in [-0.05, 0) is 44.0 Å². The quantitative estimate of drug-likeness (QED) is 0.847. The molecule has 0 bridgehead atoms. The van der Waals surface area contributed by atoms with Crippen molar-refractivity contribution in [2.75, 3.05) is 20.3 Å². The standard InChI is InChI=1S/C13H20N2O/c1-10-8-15-6-5-12(10)13(14-2)11-4-3-7-16-9-11/h5-6,8,11,13-14H,3-4,7,9H2,1-2H3. The van der Waals surface area contributed by atoms with Gasteiger partial charge in [0.15, 0.2) is 0 Å². The topological polar surface area (TPSA) is 34.2 Å². The van der Waals surface area contributed by atoms with Gasteiger partial charge in [-0.15, -0.1) is 0 Å². The van der Waals surface area contributed by atoms with Crippen molar-refractivity contribution in [3.63, 3.8) is 0 Å². The van der Waals surface area contributed by atoms with Gasteiger partial charge in [0.2, 0.25) is 0 Å². The normalized spacial score (nSPS) is 23.0. The average molecular weight is 220 g/mol. The second-order valence-corrected chi connectivity index (χ2v) is 4.48. The summed E-state index contributed by atoms with van der Waals surface area (Å²) in [7, 11) is 2.03. The Morgan fingerprint density at radius 2 is 2.44 bits per heavy atom. The lowest BCUT2D eigenvalue weighted by atomic mass is 9.87. The van der Waals surface area contributed by atoms with Crippen LogP contribution in [-0.2, 0) is 4.74 Å². The summed E-state index contributed by atoms with van der Waals surface area (Å²) in [5, 5.41) is 3.42. The Bertz CT molecular complexity index is 334. The lowest BCUT2D eigenvalue weighted by Crippen LogP contribution is -2.31. The molecule has 0 aliphatic carbocycles. The lowest BCUT2D eigenvalue weighted by molar-refractivity contribution is 0.0401. The number of aromatic nitrogens is 1. The van der Waals surface area contributed by atoms with Crippen LogP contribution in [0.15, 0.2) is 18.5 Å². The fourth-order valence-corrected chi connectivity index (χ4v) is 2.51. The van der Waals surface area contributed by atoms with Crippen molar-refractivity contribution in [1.82, 2.24) is 10.3 Å². The smallest absolute Gasteiger partial charge is 0.0512 e. The van der Waals surface area contributed by atoms with Crippen LogP contribution < -0.4 is 5.32 Å². The average Bonchev–Trinajstić information content (AvgIpc) is 2.34. The van der Waals surface area contributed by atoms with Crippen LogP contribution in [0.3, 0.4) is 0 Å². The van der Waals surface area contributed by atoms with Crippen molar-refractivity contribution in [3.05, 3.63) is 29.6 Å². The van der Waals surface area contributed by atoms with E-state index in [4.69, 9.17) is 4.74 Å². The fraction of sp³-hybridized carbons (Fsp3) is 0.615. The van der Waals surface area contributed by atoms with Gasteiger partial charge in [0.05, 0.1) is 6.61 Å². The molecule has 0 saturated carbocycles. The van der Waals surface area contributed by atoms with Crippen molar-refractivity contribution in [1.29, 1.82) is 0 Å². The monoisotopic (exact) mass is 220 g/mol. The van der Waals surface area contributed by atoms with Gasteiger partial charge in [-0.25, -0.2) is 0 Å². The summed E-state index contributed by atoms with van der Waals surface area (Å²) in [6.07, 6.45) is 6.22. The number of ether oxygens (including phenoxy) is 1. The molecule has 3 nitrogen and oxygen atoms in total. The van der Waals surface area contributed by atoms with Gasteiger partial charge in [0, 0.05) is 31.0 Å². The maximum atomic E-state index is 5.57. The van der Waals surface area contributed by atoms with Crippen molar-refractivity contribution >= 4 is 0 Å². The van der Waals surface area contributed by atoms with Crippen LogP contribution >= 0.6 is 0 Å². The predicted octanol–water partition coefficient (Wildman–Crippen LogP) is 2.08. The van der Waals surface area contributed by atoms with E-state index in [0.29, 0.717) is 12.0 Å². The molecule has 3 heteroatoms. The Hall–Kier alpha value is -0.930. The zero-order valence-corrected chi connectivity index (χ0v) is 10.1. The predicted molar refractivity (Wildman–Crippen MR) is 64.3 cm³/mol. The summed E-state index contributed by atoms with van der Waals surface area (Å²) >= 11 is 0. The summed E-state index contributed by atoms with van der Waals surface area (Å²) in [6, 6.07) is 2.51. The van der Waals surface area contributed by atoms with E-state index in [9.17, 15) is 0 Å². The molecule has 2 atom stereocenters. The van der Waals surface area contributed by atoms with Crippen LogP contribution in [0.5, 0.6) is 0 Å². The number of pyridine rings is 1. The molecule has 88 valence electrons. The van der Waals surface area contributed by atoms with Gasteiger partial charge in [0.25, 0.3) is 0 Å².